The summed E-state index contributed by atoms with van der Waals surface area (Å²) in [5.74, 6) is -0.915. The third kappa shape index (κ3) is 2.86. The normalized spacial score (nSPS) is 16.8. The monoisotopic (exact) mass is 347 g/mol. The number of carbonyl (C=O) groups is 2. The fourth-order valence-corrected chi connectivity index (χ4v) is 3.31. The number of pyridine rings is 1. The lowest BCUT2D eigenvalue weighted by Crippen LogP contribution is -2.29. The zero-order chi connectivity index (χ0) is 18.1. The van der Waals surface area contributed by atoms with Gasteiger partial charge in [0.15, 0.2) is 0 Å². The number of benzene rings is 2. The molecule has 0 bridgehead atoms. The summed E-state index contributed by atoms with van der Waals surface area (Å²) < 4.78 is 0. The Morgan fingerprint density at radius 1 is 1.08 bits per heavy atom. The van der Waals surface area contributed by atoms with E-state index < -0.39 is 5.92 Å². The summed E-state index contributed by atoms with van der Waals surface area (Å²) >= 11 is 0. The molecule has 1 aromatic heterocycles. The van der Waals surface area contributed by atoms with Gasteiger partial charge in [-0.1, -0.05) is 36.4 Å². The number of aromatic nitrogens is 1. The predicted octanol–water partition coefficient (Wildman–Crippen LogP) is 2.52. The lowest BCUT2D eigenvalue weighted by molar-refractivity contribution is -0.122. The summed E-state index contributed by atoms with van der Waals surface area (Å²) in [6.07, 6.45) is 3.07. The topological polar surface area (TPSA) is 82.3 Å². The number of aromatic amines is 1. The molecule has 1 saturated heterocycles. The van der Waals surface area contributed by atoms with Crippen LogP contribution in [-0.2, 0) is 9.59 Å². The van der Waals surface area contributed by atoms with E-state index in [4.69, 9.17) is 0 Å². The van der Waals surface area contributed by atoms with E-state index in [2.05, 4.69) is 10.3 Å². The fraction of sp³-hybridized carbons (Fsp3) is 0.150. The Morgan fingerprint density at radius 3 is 2.73 bits per heavy atom. The number of anilines is 2. The molecule has 1 aliphatic rings. The van der Waals surface area contributed by atoms with Crippen LogP contribution in [0.15, 0.2) is 65.7 Å². The van der Waals surface area contributed by atoms with E-state index in [-0.39, 0.29) is 29.4 Å². The summed E-state index contributed by atoms with van der Waals surface area (Å²) in [5.41, 5.74) is 0.724. The second-order valence-corrected chi connectivity index (χ2v) is 6.32. The first-order valence-electron chi connectivity index (χ1n) is 8.39. The summed E-state index contributed by atoms with van der Waals surface area (Å²) in [4.78, 5) is 41.2. The molecule has 130 valence electrons. The molecule has 1 fully saturated rings. The molecular weight excluding hydrogens is 330 g/mol. The molecule has 2 N–H and O–H groups in total. The van der Waals surface area contributed by atoms with Crippen molar-refractivity contribution in [2.45, 2.75) is 6.42 Å². The van der Waals surface area contributed by atoms with Gasteiger partial charge in [0.2, 0.25) is 17.2 Å². The highest BCUT2D eigenvalue weighted by molar-refractivity contribution is 6.08. The number of hydrogen-bond donors (Lipinski definition) is 2. The third-order valence-electron chi connectivity index (χ3n) is 4.64. The van der Waals surface area contributed by atoms with Gasteiger partial charge in [-0.3, -0.25) is 14.4 Å². The molecule has 26 heavy (non-hydrogen) atoms. The molecule has 0 saturated carbocycles. The number of hydrogen-bond acceptors (Lipinski definition) is 3. The standard InChI is InChI=1S/C20H17N3O3/c24-18-8-9-21-11-16(18)22-20(26)14-10-19(25)23(12-14)17-7-3-5-13-4-1-2-6-15(13)17/h1-9,11,14H,10,12H2,(H,21,24)(H,22,26)/t14-/m1/s1. The summed E-state index contributed by atoms with van der Waals surface area (Å²) in [7, 11) is 0. The van der Waals surface area contributed by atoms with Crippen molar-refractivity contribution in [3.63, 3.8) is 0 Å². The van der Waals surface area contributed by atoms with E-state index in [1.165, 1.54) is 18.5 Å². The third-order valence-corrected chi connectivity index (χ3v) is 4.64. The second-order valence-electron chi connectivity index (χ2n) is 6.32. The summed E-state index contributed by atoms with van der Waals surface area (Å²) in [6.45, 7) is 0.295. The van der Waals surface area contributed by atoms with Crippen LogP contribution >= 0.6 is 0 Å². The van der Waals surface area contributed by atoms with Crippen molar-refractivity contribution in [2.75, 3.05) is 16.8 Å². The maximum absolute atomic E-state index is 12.5. The highest BCUT2D eigenvalue weighted by atomic mass is 16.2. The number of nitrogens with one attached hydrogen (secondary N) is 2. The number of nitrogens with zero attached hydrogens (tertiary/aromatic N) is 1. The van der Waals surface area contributed by atoms with Crippen molar-refractivity contribution >= 4 is 34.0 Å². The molecule has 3 aromatic rings. The van der Waals surface area contributed by atoms with Crippen LogP contribution in [0.5, 0.6) is 0 Å². The second kappa shape index (κ2) is 6.48. The van der Waals surface area contributed by atoms with Crippen molar-refractivity contribution in [1.82, 2.24) is 4.98 Å². The average molecular weight is 347 g/mol. The minimum Gasteiger partial charge on any atom is -0.366 e. The molecule has 0 aliphatic carbocycles. The van der Waals surface area contributed by atoms with Gasteiger partial charge in [-0.05, 0) is 11.5 Å². The Kier molecular flexibility index (Phi) is 4.01. The molecule has 2 amide bonds. The van der Waals surface area contributed by atoms with E-state index in [0.29, 0.717) is 6.54 Å². The molecule has 2 aromatic carbocycles. The van der Waals surface area contributed by atoms with Gasteiger partial charge >= 0.3 is 0 Å². The summed E-state index contributed by atoms with van der Waals surface area (Å²) in [5, 5.41) is 4.64. The Morgan fingerprint density at radius 2 is 1.88 bits per heavy atom. The molecule has 0 unspecified atom stereocenters. The Bertz CT molecular complexity index is 1050. The molecule has 4 rings (SSSR count). The van der Waals surface area contributed by atoms with Crippen LogP contribution in [0.3, 0.4) is 0 Å². The van der Waals surface area contributed by atoms with Gasteiger partial charge in [0.1, 0.15) is 5.69 Å². The van der Waals surface area contributed by atoms with E-state index in [0.717, 1.165) is 16.5 Å². The zero-order valence-corrected chi connectivity index (χ0v) is 13.9. The minimum absolute atomic E-state index is 0.0940. The predicted molar refractivity (Wildman–Crippen MR) is 100 cm³/mol. The Labute approximate surface area is 149 Å². The number of fused-ring (bicyclic) bond motifs is 1. The van der Waals surface area contributed by atoms with Crippen molar-refractivity contribution in [3.05, 3.63) is 71.1 Å². The molecule has 6 heteroatoms. The van der Waals surface area contributed by atoms with Gasteiger partial charge in [-0.15, -0.1) is 0 Å². The number of rotatable bonds is 3. The number of amides is 2. The van der Waals surface area contributed by atoms with Gasteiger partial charge in [0.05, 0.1) is 11.6 Å². The fourth-order valence-electron chi connectivity index (χ4n) is 3.31. The lowest BCUT2D eigenvalue weighted by atomic mass is 10.1. The maximum Gasteiger partial charge on any atom is 0.229 e. The molecule has 0 radical (unpaired) electrons. The molecule has 0 spiro atoms. The van der Waals surface area contributed by atoms with Crippen LogP contribution in [0.1, 0.15) is 6.42 Å². The largest absolute Gasteiger partial charge is 0.366 e. The maximum atomic E-state index is 12.5. The molecule has 1 aliphatic heterocycles. The van der Waals surface area contributed by atoms with Crippen molar-refractivity contribution in [3.8, 4) is 0 Å². The smallest absolute Gasteiger partial charge is 0.229 e. The number of H-pyrrole nitrogens is 1. The molecular formula is C20H17N3O3. The SMILES string of the molecule is O=C(Nc1c[nH]ccc1=O)[C@@H]1CC(=O)N(c2cccc3ccccc23)C1. The molecule has 1 atom stereocenters. The van der Waals surface area contributed by atoms with E-state index >= 15 is 0 Å². The van der Waals surface area contributed by atoms with Crippen molar-refractivity contribution in [1.29, 1.82) is 0 Å². The van der Waals surface area contributed by atoms with Crippen LogP contribution in [0, 0.1) is 5.92 Å². The molecule has 2 heterocycles. The van der Waals surface area contributed by atoms with Crippen LogP contribution in [-0.4, -0.2) is 23.3 Å². The van der Waals surface area contributed by atoms with Crippen LogP contribution in [0.2, 0.25) is 0 Å². The van der Waals surface area contributed by atoms with Crippen molar-refractivity contribution < 1.29 is 9.59 Å². The van der Waals surface area contributed by atoms with E-state index in [9.17, 15) is 14.4 Å². The first-order valence-corrected chi connectivity index (χ1v) is 8.39. The van der Waals surface area contributed by atoms with Crippen LogP contribution in [0.4, 0.5) is 11.4 Å². The minimum atomic E-state index is -0.499. The van der Waals surface area contributed by atoms with Gasteiger partial charge in [0.25, 0.3) is 0 Å². The van der Waals surface area contributed by atoms with Gasteiger partial charge in [-0.2, -0.15) is 0 Å². The van der Waals surface area contributed by atoms with Crippen LogP contribution in [0.25, 0.3) is 10.8 Å². The Hall–Kier alpha value is -3.41. The van der Waals surface area contributed by atoms with Gasteiger partial charge < -0.3 is 15.2 Å². The zero-order valence-electron chi connectivity index (χ0n) is 13.9. The molecule has 6 nitrogen and oxygen atoms in total. The van der Waals surface area contributed by atoms with Crippen LogP contribution < -0.4 is 15.6 Å². The first kappa shape index (κ1) is 16.1. The lowest BCUT2D eigenvalue weighted by Gasteiger charge is -2.19. The van der Waals surface area contributed by atoms with Gasteiger partial charge in [-0.25, -0.2) is 0 Å². The highest BCUT2D eigenvalue weighted by Crippen LogP contribution is 2.31. The quantitative estimate of drug-likeness (QED) is 0.764. The summed E-state index contributed by atoms with van der Waals surface area (Å²) in [6, 6.07) is 15.0. The Balaban J connectivity index is 1.58. The number of carbonyl (C=O) groups excluding carboxylic acids is 2. The average Bonchev–Trinajstić information content (AvgIpc) is 3.05. The first-order chi connectivity index (χ1) is 12.6. The van der Waals surface area contributed by atoms with E-state index in [1.54, 1.807) is 4.90 Å². The van der Waals surface area contributed by atoms with Gasteiger partial charge in [0, 0.05) is 36.8 Å². The van der Waals surface area contributed by atoms with Crippen molar-refractivity contribution in [2.24, 2.45) is 5.92 Å². The van der Waals surface area contributed by atoms with E-state index in [1.807, 2.05) is 42.5 Å². The highest BCUT2D eigenvalue weighted by Gasteiger charge is 2.35.